The Kier molecular flexibility index (Phi) is 4.87. The molecule has 1 aliphatic heterocycles. The quantitative estimate of drug-likeness (QED) is 0.726. The van der Waals surface area contributed by atoms with E-state index in [-0.39, 0.29) is 24.8 Å². The zero-order valence-electron chi connectivity index (χ0n) is 16.7. The van der Waals surface area contributed by atoms with Gasteiger partial charge < -0.3 is 14.2 Å². The minimum absolute atomic E-state index is 0.259. The molecule has 10 heteroatoms. The Hall–Kier alpha value is -2.10. The van der Waals surface area contributed by atoms with Crippen molar-refractivity contribution in [3.63, 3.8) is 0 Å². The van der Waals surface area contributed by atoms with Gasteiger partial charge in [0, 0.05) is 43.4 Å². The largest absolute Gasteiger partial charge is 0.444 e. The number of nitrogens with zero attached hydrogens (tertiary/aromatic N) is 4. The van der Waals surface area contributed by atoms with Crippen LogP contribution in [-0.2, 0) is 10.2 Å². The third-order valence-electron chi connectivity index (χ3n) is 5.42. The SMILES string of the molecule is CC(C)(C)OC(=O)N1CCC(c2noc(C3CC(F)(F)C3)n2)(c2nccs2)CC1. The molecule has 2 aliphatic rings. The second kappa shape index (κ2) is 7.00. The molecule has 158 valence electrons. The number of aromatic nitrogens is 3. The zero-order chi connectivity index (χ0) is 20.9. The van der Waals surface area contributed by atoms with Crippen LogP contribution in [0, 0.1) is 0 Å². The van der Waals surface area contributed by atoms with Crippen LogP contribution in [0.1, 0.15) is 69.1 Å². The summed E-state index contributed by atoms with van der Waals surface area (Å²) in [5.41, 5.74) is -1.16. The molecule has 0 spiro atoms. The van der Waals surface area contributed by atoms with Crippen LogP contribution in [0.4, 0.5) is 13.6 Å². The highest BCUT2D eigenvalue weighted by Crippen LogP contribution is 2.49. The second-order valence-electron chi connectivity index (χ2n) is 8.80. The first-order valence-corrected chi connectivity index (χ1v) is 10.6. The number of amides is 1. The van der Waals surface area contributed by atoms with E-state index in [1.54, 1.807) is 11.1 Å². The van der Waals surface area contributed by atoms with Crippen molar-refractivity contribution in [3.05, 3.63) is 28.3 Å². The van der Waals surface area contributed by atoms with Gasteiger partial charge in [0.1, 0.15) is 10.6 Å². The minimum atomic E-state index is -2.65. The Balaban J connectivity index is 1.54. The molecule has 1 saturated carbocycles. The summed E-state index contributed by atoms with van der Waals surface area (Å²) in [6.45, 7) is 6.42. The summed E-state index contributed by atoms with van der Waals surface area (Å²) in [7, 11) is 0. The molecule has 7 nitrogen and oxygen atoms in total. The third kappa shape index (κ3) is 3.99. The number of alkyl halides is 2. The summed E-state index contributed by atoms with van der Waals surface area (Å²) >= 11 is 1.49. The Morgan fingerprint density at radius 3 is 2.55 bits per heavy atom. The average Bonchev–Trinajstić information content (AvgIpc) is 3.30. The molecule has 3 heterocycles. The molecule has 1 aliphatic carbocycles. The number of thiazole rings is 1. The van der Waals surface area contributed by atoms with Crippen molar-refractivity contribution in [3.8, 4) is 0 Å². The number of carbonyl (C=O) groups excluding carboxylic acids is 1. The number of likely N-dealkylation sites (tertiary alicyclic amines) is 1. The van der Waals surface area contributed by atoms with Gasteiger partial charge in [0.15, 0.2) is 5.82 Å². The first kappa shape index (κ1) is 20.2. The van der Waals surface area contributed by atoms with Crippen LogP contribution in [0.2, 0.25) is 0 Å². The maximum atomic E-state index is 13.2. The fourth-order valence-corrected chi connectivity index (χ4v) is 4.71. The van der Waals surface area contributed by atoms with Crippen molar-refractivity contribution >= 4 is 17.4 Å². The van der Waals surface area contributed by atoms with Gasteiger partial charge in [-0.1, -0.05) is 5.16 Å². The third-order valence-corrected chi connectivity index (χ3v) is 6.40. The van der Waals surface area contributed by atoms with E-state index in [1.165, 1.54) is 11.3 Å². The topological polar surface area (TPSA) is 81.4 Å². The van der Waals surface area contributed by atoms with Crippen molar-refractivity contribution in [1.82, 2.24) is 20.0 Å². The molecular weight excluding hydrogens is 402 g/mol. The van der Waals surface area contributed by atoms with Crippen molar-refractivity contribution in [2.24, 2.45) is 0 Å². The van der Waals surface area contributed by atoms with Crippen LogP contribution in [0.5, 0.6) is 0 Å². The molecule has 1 amide bonds. The summed E-state index contributed by atoms with van der Waals surface area (Å²) in [4.78, 5) is 23.1. The molecule has 29 heavy (non-hydrogen) atoms. The van der Waals surface area contributed by atoms with E-state index in [4.69, 9.17) is 9.26 Å². The van der Waals surface area contributed by atoms with Gasteiger partial charge in [0.25, 0.3) is 0 Å². The number of piperidine rings is 1. The zero-order valence-corrected chi connectivity index (χ0v) is 17.5. The Labute approximate surface area is 171 Å². The normalized spacial score (nSPS) is 21.6. The van der Waals surface area contributed by atoms with Crippen molar-refractivity contribution in [1.29, 1.82) is 0 Å². The van der Waals surface area contributed by atoms with Crippen LogP contribution in [0.15, 0.2) is 16.1 Å². The Bertz CT molecular complexity index is 862. The summed E-state index contributed by atoms with van der Waals surface area (Å²) < 4.78 is 37.3. The van der Waals surface area contributed by atoms with Gasteiger partial charge in [-0.3, -0.25) is 0 Å². The van der Waals surface area contributed by atoms with Crippen LogP contribution in [0.25, 0.3) is 0 Å². The molecule has 0 atom stereocenters. The molecule has 0 N–H and O–H groups in total. The molecule has 4 rings (SSSR count). The van der Waals surface area contributed by atoms with Gasteiger partial charge in [0.05, 0.1) is 5.41 Å². The lowest BCUT2D eigenvalue weighted by molar-refractivity contribution is -0.0925. The van der Waals surface area contributed by atoms with Crippen LogP contribution in [0.3, 0.4) is 0 Å². The fraction of sp³-hybridized carbons (Fsp3) is 0.684. The summed E-state index contributed by atoms with van der Waals surface area (Å²) in [5.74, 6) is -2.33. The van der Waals surface area contributed by atoms with Crippen molar-refractivity contribution in [2.75, 3.05) is 13.1 Å². The molecular formula is C19H24F2N4O3S. The minimum Gasteiger partial charge on any atom is -0.444 e. The Morgan fingerprint density at radius 1 is 1.31 bits per heavy atom. The smallest absolute Gasteiger partial charge is 0.410 e. The molecule has 1 saturated heterocycles. The van der Waals surface area contributed by atoms with Gasteiger partial charge in [-0.15, -0.1) is 11.3 Å². The predicted molar refractivity (Wildman–Crippen MR) is 101 cm³/mol. The van der Waals surface area contributed by atoms with Crippen LogP contribution < -0.4 is 0 Å². The maximum absolute atomic E-state index is 13.2. The summed E-state index contributed by atoms with van der Waals surface area (Å²) in [5, 5.41) is 6.87. The molecule has 2 aromatic heterocycles. The van der Waals surface area contributed by atoms with E-state index in [0.29, 0.717) is 31.8 Å². The number of hydrogen-bond donors (Lipinski definition) is 0. The lowest BCUT2D eigenvalue weighted by Crippen LogP contribution is -2.47. The predicted octanol–water partition coefficient (Wildman–Crippen LogP) is 4.36. The first-order valence-electron chi connectivity index (χ1n) is 9.68. The van der Waals surface area contributed by atoms with Gasteiger partial charge in [-0.25, -0.2) is 18.6 Å². The standard InChI is InChI=1S/C19H24F2N4O3S/c1-17(2,3)27-16(26)25-7-4-18(5-8-25,15-22-6-9-29-15)14-23-13(28-24-14)12-10-19(20,21)11-12/h6,9,12H,4-5,7-8,10-11H2,1-3H3. The van der Waals surface area contributed by atoms with Crippen molar-refractivity contribution < 1.29 is 22.8 Å². The van der Waals surface area contributed by atoms with Gasteiger partial charge in [-0.2, -0.15) is 4.98 Å². The number of rotatable bonds is 3. The number of halogens is 2. The van der Waals surface area contributed by atoms with Gasteiger partial charge in [-0.05, 0) is 33.6 Å². The number of hydrogen-bond acceptors (Lipinski definition) is 7. The van der Waals surface area contributed by atoms with Crippen LogP contribution in [-0.4, -0.2) is 50.7 Å². The lowest BCUT2D eigenvalue weighted by Gasteiger charge is -2.39. The summed E-state index contributed by atoms with van der Waals surface area (Å²) in [6.07, 6.45) is 1.96. The summed E-state index contributed by atoms with van der Waals surface area (Å²) in [6, 6.07) is 0. The van der Waals surface area contributed by atoms with Gasteiger partial charge >= 0.3 is 6.09 Å². The highest BCUT2D eigenvalue weighted by Gasteiger charge is 2.50. The monoisotopic (exact) mass is 426 g/mol. The fourth-order valence-electron chi connectivity index (χ4n) is 3.82. The second-order valence-corrected chi connectivity index (χ2v) is 9.70. The van der Waals surface area contributed by atoms with E-state index in [9.17, 15) is 13.6 Å². The first-order chi connectivity index (χ1) is 13.6. The number of ether oxygens (including phenoxy) is 1. The number of carbonyl (C=O) groups is 1. The molecule has 0 unspecified atom stereocenters. The van der Waals surface area contributed by atoms with Crippen LogP contribution >= 0.6 is 11.3 Å². The Morgan fingerprint density at radius 2 is 2.00 bits per heavy atom. The molecule has 2 aromatic rings. The van der Waals surface area contributed by atoms with Crippen molar-refractivity contribution in [2.45, 2.75) is 69.3 Å². The van der Waals surface area contributed by atoms with Gasteiger partial charge in [0.2, 0.25) is 11.8 Å². The molecule has 0 radical (unpaired) electrons. The molecule has 0 aromatic carbocycles. The van der Waals surface area contributed by atoms with E-state index < -0.39 is 22.9 Å². The average molecular weight is 426 g/mol. The molecule has 0 bridgehead atoms. The van der Waals surface area contributed by atoms with E-state index in [0.717, 1.165) is 5.01 Å². The lowest BCUT2D eigenvalue weighted by atomic mass is 9.77. The highest BCUT2D eigenvalue weighted by atomic mass is 32.1. The van der Waals surface area contributed by atoms with E-state index in [2.05, 4.69) is 15.1 Å². The molecule has 2 fully saturated rings. The highest BCUT2D eigenvalue weighted by molar-refractivity contribution is 7.09. The van der Waals surface area contributed by atoms with E-state index in [1.807, 2.05) is 26.2 Å². The van der Waals surface area contributed by atoms with E-state index >= 15 is 0 Å². The maximum Gasteiger partial charge on any atom is 0.410 e.